The van der Waals surface area contributed by atoms with Gasteiger partial charge in [-0.2, -0.15) is 0 Å². The topological polar surface area (TPSA) is 61.1 Å². The molecule has 0 spiro atoms. The Labute approximate surface area is 128 Å². The molecule has 110 valence electrons. The van der Waals surface area contributed by atoms with E-state index in [-0.39, 0.29) is 0 Å². The van der Waals surface area contributed by atoms with Gasteiger partial charge >= 0.3 is 0 Å². The van der Waals surface area contributed by atoms with Gasteiger partial charge in [-0.25, -0.2) is 0 Å². The van der Waals surface area contributed by atoms with Gasteiger partial charge in [0.25, 0.3) is 0 Å². The number of fused-ring (bicyclic) bond motifs is 3. The van der Waals surface area contributed by atoms with Crippen molar-refractivity contribution in [2.24, 2.45) is 0 Å². The summed E-state index contributed by atoms with van der Waals surface area (Å²) >= 11 is 0. The molecule has 0 unspecified atom stereocenters. The van der Waals surface area contributed by atoms with Crippen LogP contribution in [0.1, 0.15) is 12.5 Å². The Hall–Kier alpha value is -2.82. The minimum absolute atomic E-state index is 0.772. The van der Waals surface area contributed by atoms with Crippen LogP contribution in [-0.4, -0.2) is 19.2 Å². The summed E-state index contributed by atoms with van der Waals surface area (Å²) in [7, 11) is 0. The zero-order chi connectivity index (χ0) is 15.3. The predicted molar refractivity (Wildman–Crippen MR) is 88.7 cm³/mol. The fourth-order valence-corrected chi connectivity index (χ4v) is 2.94. The molecule has 22 heavy (non-hydrogen) atoms. The molecule has 2 heterocycles. The van der Waals surface area contributed by atoms with Crippen molar-refractivity contribution in [3.8, 4) is 11.4 Å². The average molecular weight is 291 g/mol. The minimum atomic E-state index is 0.772. The van der Waals surface area contributed by atoms with E-state index in [1.54, 1.807) is 0 Å². The molecule has 0 fully saturated rings. The van der Waals surface area contributed by atoms with Gasteiger partial charge in [0.05, 0.1) is 11.0 Å². The lowest BCUT2D eigenvalue weighted by Crippen LogP contribution is -1.94. The Morgan fingerprint density at radius 2 is 1.82 bits per heavy atom. The molecule has 5 heteroatoms. The van der Waals surface area contributed by atoms with Crippen molar-refractivity contribution in [2.75, 3.05) is 5.73 Å². The van der Waals surface area contributed by atoms with E-state index in [1.165, 1.54) is 0 Å². The highest BCUT2D eigenvalue weighted by molar-refractivity contribution is 5.83. The van der Waals surface area contributed by atoms with Crippen LogP contribution in [0.4, 0.5) is 5.69 Å². The predicted octanol–water partition coefficient (Wildman–Crippen LogP) is 3.26. The lowest BCUT2D eigenvalue weighted by molar-refractivity contribution is 0.803. The normalized spacial score (nSPS) is 11.5. The third kappa shape index (κ3) is 1.65. The maximum Gasteiger partial charge on any atom is 0.236 e. The van der Waals surface area contributed by atoms with Gasteiger partial charge < -0.3 is 10.3 Å². The summed E-state index contributed by atoms with van der Waals surface area (Å²) in [6.45, 7) is 4.97. The zero-order valence-electron chi connectivity index (χ0n) is 12.6. The molecule has 2 aromatic carbocycles. The molecule has 0 saturated heterocycles. The number of hydrogen-bond donors (Lipinski definition) is 1. The highest BCUT2D eigenvalue weighted by Crippen LogP contribution is 2.27. The van der Waals surface area contributed by atoms with E-state index in [2.05, 4.69) is 38.2 Å². The Morgan fingerprint density at radius 3 is 2.55 bits per heavy atom. The van der Waals surface area contributed by atoms with Crippen molar-refractivity contribution >= 4 is 22.5 Å². The van der Waals surface area contributed by atoms with Gasteiger partial charge in [-0.3, -0.25) is 4.40 Å². The number of para-hydroxylation sites is 2. The van der Waals surface area contributed by atoms with Crippen molar-refractivity contribution in [3.05, 3.63) is 48.0 Å². The van der Waals surface area contributed by atoms with Crippen LogP contribution < -0.4 is 5.73 Å². The van der Waals surface area contributed by atoms with E-state index in [4.69, 9.17) is 5.73 Å². The smallest absolute Gasteiger partial charge is 0.236 e. The molecule has 0 bridgehead atoms. The standard InChI is InChI=1S/C17H17N5/c1-3-21-14-6-4-5-7-15(14)22-16(19-20-17(21)22)12-9-8-11(2)13(18)10-12/h4-10H,3,18H2,1-2H3. The molecule has 0 atom stereocenters. The number of imidazole rings is 1. The first-order valence-corrected chi connectivity index (χ1v) is 7.39. The van der Waals surface area contributed by atoms with Crippen LogP contribution in [0, 0.1) is 6.92 Å². The van der Waals surface area contributed by atoms with Crippen molar-refractivity contribution in [3.63, 3.8) is 0 Å². The molecule has 5 nitrogen and oxygen atoms in total. The molecular formula is C17H17N5. The van der Waals surface area contributed by atoms with E-state index in [9.17, 15) is 0 Å². The van der Waals surface area contributed by atoms with Gasteiger partial charge in [-0.1, -0.05) is 24.3 Å². The van der Waals surface area contributed by atoms with Gasteiger partial charge in [0.2, 0.25) is 5.78 Å². The minimum Gasteiger partial charge on any atom is -0.398 e. The van der Waals surface area contributed by atoms with Crippen molar-refractivity contribution in [2.45, 2.75) is 20.4 Å². The maximum absolute atomic E-state index is 6.05. The van der Waals surface area contributed by atoms with Gasteiger partial charge in [-0.15, -0.1) is 10.2 Å². The fourth-order valence-electron chi connectivity index (χ4n) is 2.94. The summed E-state index contributed by atoms with van der Waals surface area (Å²) in [5.74, 6) is 1.68. The first-order valence-electron chi connectivity index (χ1n) is 7.39. The number of aryl methyl sites for hydroxylation is 2. The summed E-state index contributed by atoms with van der Waals surface area (Å²) < 4.78 is 4.27. The second kappa shape index (κ2) is 4.59. The lowest BCUT2D eigenvalue weighted by Gasteiger charge is -2.03. The van der Waals surface area contributed by atoms with Crippen LogP contribution in [0.5, 0.6) is 0 Å². The molecule has 2 N–H and O–H groups in total. The number of hydrogen-bond acceptors (Lipinski definition) is 3. The molecule has 0 amide bonds. The molecule has 0 aliphatic heterocycles. The summed E-state index contributed by atoms with van der Waals surface area (Å²) in [5.41, 5.74) is 11.1. The Kier molecular flexibility index (Phi) is 2.69. The van der Waals surface area contributed by atoms with Gasteiger partial charge in [0.1, 0.15) is 0 Å². The van der Waals surface area contributed by atoms with Gasteiger partial charge in [-0.05, 0) is 37.6 Å². The Bertz CT molecular complexity index is 993. The lowest BCUT2D eigenvalue weighted by atomic mass is 10.1. The molecule has 2 aromatic heterocycles. The van der Waals surface area contributed by atoms with E-state index in [1.807, 2.05) is 37.3 Å². The summed E-state index contributed by atoms with van der Waals surface area (Å²) in [6.07, 6.45) is 0. The van der Waals surface area contributed by atoms with Crippen LogP contribution in [0.15, 0.2) is 42.5 Å². The number of nitrogens with two attached hydrogens (primary N) is 1. The molecule has 4 rings (SSSR count). The Morgan fingerprint density at radius 1 is 1.05 bits per heavy atom. The van der Waals surface area contributed by atoms with Crippen molar-refractivity contribution < 1.29 is 0 Å². The van der Waals surface area contributed by atoms with Crippen LogP contribution >= 0.6 is 0 Å². The molecule has 0 radical (unpaired) electrons. The van der Waals surface area contributed by atoms with Crippen LogP contribution in [0.2, 0.25) is 0 Å². The van der Waals surface area contributed by atoms with Gasteiger partial charge in [0.15, 0.2) is 5.82 Å². The van der Waals surface area contributed by atoms with E-state index >= 15 is 0 Å². The number of benzene rings is 2. The number of nitrogens with zero attached hydrogens (tertiary/aromatic N) is 4. The van der Waals surface area contributed by atoms with E-state index in [0.717, 1.165) is 46.0 Å². The summed E-state index contributed by atoms with van der Waals surface area (Å²) in [6, 6.07) is 14.3. The number of nitrogen functional groups attached to an aromatic ring is 1. The molecule has 0 aliphatic rings. The first-order chi connectivity index (χ1) is 10.7. The second-order valence-corrected chi connectivity index (χ2v) is 5.46. The molecule has 4 aromatic rings. The van der Waals surface area contributed by atoms with Gasteiger partial charge in [0, 0.05) is 17.8 Å². The highest BCUT2D eigenvalue weighted by atomic mass is 15.3. The van der Waals surface area contributed by atoms with Crippen molar-refractivity contribution in [1.29, 1.82) is 0 Å². The number of rotatable bonds is 2. The molecular weight excluding hydrogens is 274 g/mol. The summed E-state index contributed by atoms with van der Waals surface area (Å²) in [5, 5.41) is 8.78. The largest absolute Gasteiger partial charge is 0.398 e. The fraction of sp³-hybridized carbons (Fsp3) is 0.176. The van der Waals surface area contributed by atoms with Crippen LogP contribution in [0.3, 0.4) is 0 Å². The third-order valence-electron chi connectivity index (χ3n) is 4.15. The molecule has 0 aliphatic carbocycles. The SMILES string of the molecule is CCn1c2ccccc2n2c(-c3ccc(C)c(N)c3)nnc12. The number of anilines is 1. The quantitative estimate of drug-likeness (QED) is 0.577. The van der Waals surface area contributed by atoms with E-state index in [0.29, 0.717) is 0 Å². The van der Waals surface area contributed by atoms with Crippen molar-refractivity contribution in [1.82, 2.24) is 19.2 Å². The second-order valence-electron chi connectivity index (χ2n) is 5.46. The monoisotopic (exact) mass is 291 g/mol. The number of aromatic nitrogens is 4. The Balaban J connectivity index is 2.09. The highest BCUT2D eigenvalue weighted by Gasteiger charge is 2.17. The third-order valence-corrected chi connectivity index (χ3v) is 4.15. The molecule has 0 saturated carbocycles. The summed E-state index contributed by atoms with van der Waals surface area (Å²) in [4.78, 5) is 0. The zero-order valence-corrected chi connectivity index (χ0v) is 12.6. The average Bonchev–Trinajstić information content (AvgIpc) is 3.08. The van der Waals surface area contributed by atoms with Crippen LogP contribution in [-0.2, 0) is 6.54 Å². The first kappa shape index (κ1) is 12.9. The maximum atomic E-state index is 6.05. The van der Waals surface area contributed by atoms with Crippen LogP contribution in [0.25, 0.3) is 28.2 Å². The van der Waals surface area contributed by atoms with E-state index < -0.39 is 0 Å².